The molecule has 0 radical (unpaired) electrons. The first-order valence-corrected chi connectivity index (χ1v) is 17.7. The van der Waals surface area contributed by atoms with Crippen molar-refractivity contribution in [2.45, 2.75) is 0 Å². The van der Waals surface area contributed by atoms with E-state index >= 15 is 0 Å². The highest BCUT2D eigenvalue weighted by molar-refractivity contribution is 6.10. The van der Waals surface area contributed by atoms with E-state index in [2.05, 4.69) is 147 Å². The zero-order chi connectivity index (χ0) is 35.1. The van der Waals surface area contributed by atoms with Crippen molar-refractivity contribution in [2.24, 2.45) is 0 Å². The number of hydrogen-bond donors (Lipinski definition) is 0. The maximum atomic E-state index is 5.07. The minimum absolute atomic E-state index is 0.849. The molecule has 0 saturated carbocycles. The van der Waals surface area contributed by atoms with Gasteiger partial charge in [-0.05, 0) is 105 Å². The van der Waals surface area contributed by atoms with Crippen molar-refractivity contribution in [2.75, 3.05) is 0 Å². The van der Waals surface area contributed by atoms with E-state index in [1.807, 2.05) is 55.1 Å². The highest BCUT2D eigenvalue weighted by Crippen LogP contribution is 2.37. The fourth-order valence-electron chi connectivity index (χ4n) is 7.36. The fourth-order valence-corrected chi connectivity index (χ4v) is 7.36. The molecule has 0 N–H and O–H groups in total. The largest absolute Gasteiger partial charge is 0.309 e. The van der Waals surface area contributed by atoms with Crippen LogP contribution in [0.25, 0.3) is 94.3 Å². The molecule has 0 fully saturated rings. The van der Waals surface area contributed by atoms with Gasteiger partial charge in [-0.3, -0.25) is 15.0 Å². The molecule has 0 aliphatic carbocycles. The summed E-state index contributed by atoms with van der Waals surface area (Å²) in [6.45, 7) is 0. The van der Waals surface area contributed by atoms with E-state index in [-0.39, 0.29) is 0 Å². The maximum Gasteiger partial charge on any atom is 0.0899 e. The first-order valence-electron chi connectivity index (χ1n) is 17.7. The molecule has 5 heteroatoms. The van der Waals surface area contributed by atoms with Gasteiger partial charge in [-0.2, -0.15) is 0 Å². The predicted molar refractivity (Wildman–Crippen MR) is 217 cm³/mol. The van der Waals surface area contributed by atoms with Gasteiger partial charge in [-0.25, -0.2) is 4.98 Å². The Kier molecular flexibility index (Phi) is 7.40. The highest BCUT2D eigenvalue weighted by atomic mass is 15.0. The van der Waals surface area contributed by atoms with Crippen LogP contribution in [-0.2, 0) is 0 Å². The van der Waals surface area contributed by atoms with Crippen LogP contribution in [0.5, 0.6) is 0 Å². The molecular weight excluding hydrogens is 647 g/mol. The van der Waals surface area contributed by atoms with Crippen molar-refractivity contribution in [3.8, 4) is 61.7 Å². The normalized spacial score (nSPS) is 11.4. The Hall–Kier alpha value is -7.24. The van der Waals surface area contributed by atoms with Crippen molar-refractivity contribution in [3.05, 3.63) is 189 Å². The van der Waals surface area contributed by atoms with Crippen molar-refractivity contribution in [1.29, 1.82) is 0 Å². The number of nitrogens with zero attached hydrogens (tertiary/aromatic N) is 5. The van der Waals surface area contributed by atoms with Crippen LogP contribution in [0.3, 0.4) is 0 Å². The number of fused-ring (bicyclic) bond motifs is 4. The Morgan fingerprint density at radius 1 is 0.358 bits per heavy atom. The van der Waals surface area contributed by atoms with E-state index in [1.54, 1.807) is 6.20 Å². The Balaban J connectivity index is 1.02. The summed E-state index contributed by atoms with van der Waals surface area (Å²) in [6.07, 6.45) is 9.38. The standard InChI is InChI=1S/C48H31N5/c1-2-7-32(8-3-1)40-28-45(52-46(29-40)44-10-4-5-23-51-44)34-13-11-33(12-14-34)38-18-20-47-42(27-38)43-31-50-24-21-48(43)53(47)41-19-17-35-25-36(15-16-37(35)26-41)39-9-6-22-49-30-39/h1-31H. The third kappa shape index (κ3) is 5.61. The molecule has 5 heterocycles. The van der Waals surface area contributed by atoms with E-state index in [1.165, 1.54) is 16.2 Å². The molecular formula is C48H31N5. The minimum Gasteiger partial charge on any atom is -0.309 e. The molecule has 5 nitrogen and oxygen atoms in total. The zero-order valence-electron chi connectivity index (χ0n) is 28.6. The molecule has 5 aromatic heterocycles. The van der Waals surface area contributed by atoms with E-state index in [0.717, 1.165) is 78.1 Å². The SMILES string of the molecule is c1ccc(-c2cc(-c3ccc(-c4ccc5c(c4)c4cnccc4n5-c4ccc5cc(-c6cccnc6)ccc5c4)cc3)nc(-c3ccccn3)c2)cc1. The molecule has 0 unspecified atom stereocenters. The van der Waals surface area contributed by atoms with Gasteiger partial charge in [0.2, 0.25) is 0 Å². The summed E-state index contributed by atoms with van der Waals surface area (Å²) in [6, 6.07) is 55.6. The lowest BCUT2D eigenvalue weighted by Gasteiger charge is -2.11. The monoisotopic (exact) mass is 677 g/mol. The van der Waals surface area contributed by atoms with E-state index in [4.69, 9.17) is 4.98 Å². The summed E-state index contributed by atoms with van der Waals surface area (Å²) in [5, 5.41) is 4.67. The van der Waals surface area contributed by atoms with Crippen LogP contribution in [0.1, 0.15) is 0 Å². The van der Waals surface area contributed by atoms with E-state index < -0.39 is 0 Å². The molecule has 0 amide bonds. The predicted octanol–water partition coefficient (Wildman–Crippen LogP) is 11.9. The quantitative estimate of drug-likeness (QED) is 0.176. The Morgan fingerprint density at radius 3 is 1.91 bits per heavy atom. The summed E-state index contributed by atoms with van der Waals surface area (Å²) in [7, 11) is 0. The number of rotatable bonds is 6. The average Bonchev–Trinajstić information content (AvgIpc) is 3.58. The second-order valence-corrected chi connectivity index (χ2v) is 13.2. The van der Waals surface area contributed by atoms with Crippen molar-refractivity contribution < 1.29 is 0 Å². The maximum absolute atomic E-state index is 5.07. The molecule has 0 bridgehead atoms. The lowest BCUT2D eigenvalue weighted by Crippen LogP contribution is -1.94. The van der Waals surface area contributed by atoms with Gasteiger partial charge in [-0.15, -0.1) is 0 Å². The molecule has 0 saturated heterocycles. The molecule has 0 atom stereocenters. The second kappa shape index (κ2) is 12.8. The summed E-state index contributed by atoms with van der Waals surface area (Å²) in [4.78, 5) is 18.5. The topological polar surface area (TPSA) is 56.5 Å². The van der Waals surface area contributed by atoms with Gasteiger partial charge in [0.25, 0.3) is 0 Å². The van der Waals surface area contributed by atoms with Crippen LogP contribution in [0.15, 0.2) is 189 Å². The Morgan fingerprint density at radius 2 is 1.06 bits per heavy atom. The third-order valence-corrected chi connectivity index (χ3v) is 10.0. The van der Waals surface area contributed by atoms with Gasteiger partial charge in [-0.1, -0.05) is 91.0 Å². The highest BCUT2D eigenvalue weighted by Gasteiger charge is 2.15. The molecule has 0 spiro atoms. The van der Waals surface area contributed by atoms with Crippen molar-refractivity contribution in [3.63, 3.8) is 0 Å². The van der Waals surface area contributed by atoms with Gasteiger partial charge in [0, 0.05) is 58.6 Å². The molecule has 0 aliphatic heterocycles. The summed E-state index contributed by atoms with van der Waals surface area (Å²) in [5.41, 5.74) is 13.9. The smallest absolute Gasteiger partial charge is 0.0899 e. The lowest BCUT2D eigenvalue weighted by molar-refractivity contribution is 1.18. The average molecular weight is 678 g/mol. The summed E-state index contributed by atoms with van der Waals surface area (Å²) >= 11 is 0. The van der Waals surface area contributed by atoms with Gasteiger partial charge in [0.15, 0.2) is 0 Å². The molecule has 0 aliphatic rings. The second-order valence-electron chi connectivity index (χ2n) is 13.2. The van der Waals surface area contributed by atoms with Crippen LogP contribution in [0.4, 0.5) is 0 Å². The van der Waals surface area contributed by atoms with Gasteiger partial charge < -0.3 is 4.57 Å². The Labute approximate surface area is 306 Å². The van der Waals surface area contributed by atoms with Crippen molar-refractivity contribution >= 4 is 32.6 Å². The summed E-state index contributed by atoms with van der Waals surface area (Å²) in [5.74, 6) is 0. The van der Waals surface area contributed by atoms with Crippen LogP contribution in [0.2, 0.25) is 0 Å². The fraction of sp³-hybridized carbons (Fsp3) is 0. The number of pyridine rings is 4. The van der Waals surface area contributed by atoms with Gasteiger partial charge in [0.1, 0.15) is 0 Å². The number of aromatic nitrogens is 5. The van der Waals surface area contributed by atoms with Crippen LogP contribution >= 0.6 is 0 Å². The van der Waals surface area contributed by atoms with Gasteiger partial charge >= 0.3 is 0 Å². The van der Waals surface area contributed by atoms with E-state index in [9.17, 15) is 0 Å². The summed E-state index contributed by atoms with van der Waals surface area (Å²) < 4.78 is 2.35. The first kappa shape index (κ1) is 30.6. The molecule has 53 heavy (non-hydrogen) atoms. The van der Waals surface area contributed by atoms with Crippen LogP contribution in [0, 0.1) is 0 Å². The van der Waals surface area contributed by atoms with Crippen LogP contribution < -0.4 is 0 Å². The molecule has 10 aromatic rings. The van der Waals surface area contributed by atoms with Crippen LogP contribution in [-0.4, -0.2) is 24.5 Å². The number of benzene rings is 5. The zero-order valence-corrected chi connectivity index (χ0v) is 28.6. The van der Waals surface area contributed by atoms with Gasteiger partial charge in [0.05, 0.1) is 28.1 Å². The number of hydrogen-bond acceptors (Lipinski definition) is 4. The molecule has 10 rings (SSSR count). The lowest BCUT2D eigenvalue weighted by atomic mass is 9.98. The molecule has 5 aromatic carbocycles. The first-order chi connectivity index (χ1) is 26.2. The third-order valence-electron chi connectivity index (χ3n) is 10.0. The Bertz CT molecular complexity index is 2860. The molecule has 248 valence electrons. The minimum atomic E-state index is 0.849. The van der Waals surface area contributed by atoms with E-state index in [0.29, 0.717) is 0 Å². The van der Waals surface area contributed by atoms with Crippen molar-refractivity contribution in [1.82, 2.24) is 24.5 Å².